The average molecular weight is 384 g/mol. The fourth-order valence-electron chi connectivity index (χ4n) is 3.83. The Morgan fingerprint density at radius 2 is 0.704 bits per heavy atom. The first-order valence-electron chi connectivity index (χ1n) is 12.7. The average Bonchev–Trinajstić information content (AvgIpc) is 2.68. The largest absolute Gasteiger partial charge is 0.396 e. The van der Waals surface area contributed by atoms with E-state index >= 15 is 0 Å². The summed E-state index contributed by atoms with van der Waals surface area (Å²) in [5.74, 6) is 0. The zero-order chi connectivity index (χ0) is 19.7. The van der Waals surface area contributed by atoms with Crippen molar-refractivity contribution in [1.29, 1.82) is 0 Å². The molecule has 0 aliphatic heterocycles. The fourth-order valence-corrected chi connectivity index (χ4v) is 3.83. The lowest BCUT2D eigenvalue weighted by atomic mass is 10.0. The van der Waals surface area contributed by atoms with Gasteiger partial charge in [0.15, 0.2) is 0 Å². The number of hydrogen-bond acceptors (Lipinski definition) is 2. The van der Waals surface area contributed by atoms with Crippen LogP contribution in [0, 0.1) is 0 Å². The minimum absolute atomic E-state index is 0.312. The van der Waals surface area contributed by atoms with E-state index in [1.54, 1.807) is 0 Å². The SMILES string of the molecule is CCCCCCCCCCCCCCCCCCCCCCNCCCO. The minimum Gasteiger partial charge on any atom is -0.396 e. The Morgan fingerprint density at radius 3 is 1.04 bits per heavy atom. The normalized spacial score (nSPS) is 11.3. The van der Waals surface area contributed by atoms with Crippen LogP contribution in [-0.4, -0.2) is 24.8 Å². The summed E-state index contributed by atoms with van der Waals surface area (Å²) in [4.78, 5) is 0. The van der Waals surface area contributed by atoms with Gasteiger partial charge in [0.1, 0.15) is 0 Å². The lowest BCUT2D eigenvalue weighted by molar-refractivity contribution is 0.286. The third-order valence-electron chi connectivity index (χ3n) is 5.72. The molecule has 0 aromatic carbocycles. The van der Waals surface area contributed by atoms with Crippen molar-refractivity contribution in [1.82, 2.24) is 5.32 Å². The van der Waals surface area contributed by atoms with Crippen molar-refractivity contribution in [3.8, 4) is 0 Å². The third-order valence-corrected chi connectivity index (χ3v) is 5.72. The second-order valence-electron chi connectivity index (χ2n) is 8.54. The highest BCUT2D eigenvalue weighted by Gasteiger charge is 1.95. The van der Waals surface area contributed by atoms with E-state index in [2.05, 4.69) is 12.2 Å². The van der Waals surface area contributed by atoms with Crippen molar-refractivity contribution in [3.63, 3.8) is 0 Å². The summed E-state index contributed by atoms with van der Waals surface area (Å²) in [6.07, 6.45) is 29.7. The molecule has 27 heavy (non-hydrogen) atoms. The van der Waals surface area contributed by atoms with Gasteiger partial charge in [0.05, 0.1) is 0 Å². The Hall–Kier alpha value is -0.0800. The number of unbranched alkanes of at least 4 members (excludes halogenated alkanes) is 19. The second kappa shape index (κ2) is 25.9. The summed E-state index contributed by atoms with van der Waals surface area (Å²) in [6.45, 7) is 4.70. The number of hydrogen-bond donors (Lipinski definition) is 2. The maximum Gasteiger partial charge on any atom is 0.0443 e. The first-order valence-corrected chi connectivity index (χ1v) is 12.7. The highest BCUT2D eigenvalue weighted by atomic mass is 16.3. The van der Waals surface area contributed by atoms with Gasteiger partial charge in [0, 0.05) is 6.61 Å². The van der Waals surface area contributed by atoms with Gasteiger partial charge in [-0.2, -0.15) is 0 Å². The van der Waals surface area contributed by atoms with Crippen LogP contribution in [0.25, 0.3) is 0 Å². The van der Waals surface area contributed by atoms with Gasteiger partial charge in [-0.3, -0.25) is 0 Å². The van der Waals surface area contributed by atoms with Crippen molar-refractivity contribution in [3.05, 3.63) is 0 Å². The maximum atomic E-state index is 8.70. The van der Waals surface area contributed by atoms with Gasteiger partial charge in [-0.15, -0.1) is 0 Å². The summed E-state index contributed by atoms with van der Waals surface area (Å²) in [5.41, 5.74) is 0. The molecule has 2 heteroatoms. The van der Waals surface area contributed by atoms with Crippen molar-refractivity contribution in [2.24, 2.45) is 0 Å². The first-order chi connectivity index (χ1) is 13.4. The molecule has 0 spiro atoms. The predicted molar refractivity (Wildman–Crippen MR) is 123 cm³/mol. The highest BCUT2D eigenvalue weighted by molar-refractivity contribution is 4.52. The molecular weight excluding hydrogens is 330 g/mol. The quantitative estimate of drug-likeness (QED) is 0.167. The van der Waals surface area contributed by atoms with E-state index in [1.165, 1.54) is 128 Å². The standard InChI is InChI=1S/C25H53NO/c1-2-3-4-5-6-7-8-9-10-11-12-13-14-15-16-17-18-19-20-21-23-26-24-22-25-27/h26-27H,2-25H2,1H3. The highest BCUT2D eigenvalue weighted by Crippen LogP contribution is 2.14. The van der Waals surface area contributed by atoms with E-state index in [0.717, 1.165) is 19.5 Å². The topological polar surface area (TPSA) is 32.3 Å². The second-order valence-corrected chi connectivity index (χ2v) is 8.54. The molecule has 0 saturated carbocycles. The zero-order valence-electron chi connectivity index (χ0n) is 18.9. The Kier molecular flexibility index (Phi) is 25.8. The summed E-state index contributed by atoms with van der Waals surface area (Å²) in [7, 11) is 0. The molecule has 0 bridgehead atoms. The molecule has 0 saturated heterocycles. The van der Waals surface area contributed by atoms with Crippen LogP contribution in [0.2, 0.25) is 0 Å². The monoisotopic (exact) mass is 383 g/mol. The summed E-state index contributed by atoms with van der Waals surface area (Å²) in [6, 6.07) is 0. The van der Waals surface area contributed by atoms with Crippen LogP contribution < -0.4 is 5.32 Å². The summed E-state index contributed by atoms with van der Waals surface area (Å²) in [5, 5.41) is 12.1. The fraction of sp³-hybridized carbons (Fsp3) is 1.00. The minimum atomic E-state index is 0.312. The molecule has 0 aliphatic carbocycles. The number of aliphatic hydroxyl groups excluding tert-OH is 1. The Labute approximate surface area is 172 Å². The molecule has 0 heterocycles. The van der Waals surface area contributed by atoms with Crippen molar-refractivity contribution >= 4 is 0 Å². The predicted octanol–water partition coefficient (Wildman–Crippen LogP) is 7.78. The molecule has 0 aliphatic rings. The number of nitrogens with one attached hydrogen (secondary N) is 1. The van der Waals surface area contributed by atoms with E-state index in [9.17, 15) is 0 Å². The van der Waals surface area contributed by atoms with Gasteiger partial charge in [0.25, 0.3) is 0 Å². The molecule has 0 aromatic rings. The molecule has 0 radical (unpaired) electrons. The van der Waals surface area contributed by atoms with Crippen molar-refractivity contribution in [2.45, 2.75) is 142 Å². The number of rotatable bonds is 24. The van der Waals surface area contributed by atoms with E-state index < -0.39 is 0 Å². The molecule has 0 amide bonds. The van der Waals surface area contributed by atoms with E-state index in [0.29, 0.717) is 6.61 Å². The van der Waals surface area contributed by atoms with Gasteiger partial charge in [-0.05, 0) is 25.9 Å². The Bertz CT molecular complexity index is 220. The molecule has 0 fully saturated rings. The van der Waals surface area contributed by atoms with Crippen LogP contribution in [0.15, 0.2) is 0 Å². The summed E-state index contributed by atoms with van der Waals surface area (Å²) >= 11 is 0. The van der Waals surface area contributed by atoms with Crippen LogP contribution in [0.3, 0.4) is 0 Å². The van der Waals surface area contributed by atoms with Gasteiger partial charge in [-0.25, -0.2) is 0 Å². The molecule has 0 atom stereocenters. The molecule has 0 unspecified atom stereocenters. The molecule has 164 valence electrons. The van der Waals surface area contributed by atoms with Crippen molar-refractivity contribution < 1.29 is 5.11 Å². The van der Waals surface area contributed by atoms with Crippen LogP contribution in [0.1, 0.15) is 142 Å². The molecule has 0 rings (SSSR count). The van der Waals surface area contributed by atoms with Crippen LogP contribution in [0.5, 0.6) is 0 Å². The molecule has 2 nitrogen and oxygen atoms in total. The van der Waals surface area contributed by atoms with E-state index in [4.69, 9.17) is 5.11 Å². The Morgan fingerprint density at radius 1 is 0.407 bits per heavy atom. The zero-order valence-corrected chi connectivity index (χ0v) is 18.9. The van der Waals surface area contributed by atoms with Crippen LogP contribution in [-0.2, 0) is 0 Å². The lowest BCUT2D eigenvalue weighted by Crippen LogP contribution is -2.17. The van der Waals surface area contributed by atoms with E-state index in [-0.39, 0.29) is 0 Å². The maximum absolute atomic E-state index is 8.70. The first kappa shape index (κ1) is 26.9. The summed E-state index contributed by atoms with van der Waals surface area (Å²) < 4.78 is 0. The molecule has 2 N–H and O–H groups in total. The smallest absolute Gasteiger partial charge is 0.0443 e. The van der Waals surface area contributed by atoms with Crippen LogP contribution in [0.4, 0.5) is 0 Å². The van der Waals surface area contributed by atoms with E-state index in [1.807, 2.05) is 0 Å². The van der Waals surface area contributed by atoms with Gasteiger partial charge < -0.3 is 10.4 Å². The van der Waals surface area contributed by atoms with Gasteiger partial charge in [0.2, 0.25) is 0 Å². The van der Waals surface area contributed by atoms with Crippen molar-refractivity contribution in [2.75, 3.05) is 19.7 Å². The molecular formula is C25H53NO. The molecule has 0 aromatic heterocycles. The Balaban J connectivity index is 2.95. The van der Waals surface area contributed by atoms with Gasteiger partial charge in [-0.1, -0.05) is 129 Å². The third kappa shape index (κ3) is 25.9. The van der Waals surface area contributed by atoms with Gasteiger partial charge >= 0.3 is 0 Å². The number of aliphatic hydroxyl groups is 1. The van der Waals surface area contributed by atoms with Crippen LogP contribution >= 0.6 is 0 Å². The lowest BCUT2D eigenvalue weighted by Gasteiger charge is -2.05.